The van der Waals surface area contributed by atoms with Crippen molar-refractivity contribution < 1.29 is 45.0 Å². The second-order valence-electron chi connectivity index (χ2n) is 5.29. The van der Waals surface area contributed by atoms with Gasteiger partial charge in [0.15, 0.2) is 6.04 Å². The van der Waals surface area contributed by atoms with Crippen molar-refractivity contribution >= 4 is 46.6 Å². The molecule has 0 aromatic rings. The van der Waals surface area contributed by atoms with E-state index in [1.165, 1.54) is 0 Å². The van der Waals surface area contributed by atoms with Crippen LogP contribution in [-0.4, -0.2) is 55.1 Å². The molecule has 12 heteroatoms. The van der Waals surface area contributed by atoms with Gasteiger partial charge in [0, 0.05) is 12.8 Å². The Hall–Kier alpha value is -1.44. The van der Waals surface area contributed by atoms with Crippen LogP contribution in [0.25, 0.3) is 0 Å². The van der Waals surface area contributed by atoms with Crippen LogP contribution < -0.4 is 0 Å². The van der Waals surface area contributed by atoms with Gasteiger partial charge in [-0.05, 0) is 12.8 Å². The molecule has 8 nitrogen and oxygen atoms in total. The maximum Gasteiger partial charge on any atom is 0.473 e. The Labute approximate surface area is 154 Å². The second kappa shape index (κ2) is 8.29. The van der Waals surface area contributed by atoms with Crippen molar-refractivity contribution in [3.63, 3.8) is 0 Å². The van der Waals surface area contributed by atoms with Crippen molar-refractivity contribution in [3.8, 4) is 0 Å². The molecule has 1 rings (SSSR count). The van der Waals surface area contributed by atoms with Crippen LogP contribution in [0, 0.1) is 5.41 Å². The minimum Gasteiger partial charge on any atom is -0.468 e. The number of rotatable bonds is 6. The molecule has 0 aliphatic heterocycles. The van der Waals surface area contributed by atoms with E-state index in [0.717, 1.165) is 37.2 Å². The van der Waals surface area contributed by atoms with E-state index in [4.69, 9.17) is 0 Å². The molecule has 0 aromatic heterocycles. The van der Waals surface area contributed by atoms with E-state index < -0.39 is 47.7 Å². The Bertz CT molecular complexity index is 568. The van der Waals surface area contributed by atoms with Crippen LogP contribution in [0.15, 0.2) is 0 Å². The zero-order valence-electron chi connectivity index (χ0n) is 13.2. The van der Waals surface area contributed by atoms with Crippen LogP contribution in [0.2, 0.25) is 0 Å². The van der Waals surface area contributed by atoms with Crippen LogP contribution in [0.4, 0.5) is 13.2 Å². The maximum atomic E-state index is 12.7. The van der Waals surface area contributed by atoms with Gasteiger partial charge in [-0.25, -0.2) is 7.96 Å². The number of halogens is 4. The van der Waals surface area contributed by atoms with E-state index in [1.807, 2.05) is 0 Å². The van der Waals surface area contributed by atoms with Gasteiger partial charge in [-0.3, -0.25) is 14.4 Å². The van der Waals surface area contributed by atoms with Crippen LogP contribution in [0.1, 0.15) is 25.7 Å². The summed E-state index contributed by atoms with van der Waals surface area (Å²) in [7, 11) is 1.90. The average Bonchev–Trinajstić information content (AvgIpc) is 2.93. The smallest absolute Gasteiger partial charge is 0.468 e. The van der Waals surface area contributed by atoms with E-state index in [-0.39, 0.29) is 17.9 Å². The van der Waals surface area contributed by atoms with Gasteiger partial charge in [-0.1, -0.05) is 0 Å². The molecule has 1 aliphatic carbocycles. The molecule has 142 valence electrons. The van der Waals surface area contributed by atoms with Gasteiger partial charge in [0.2, 0.25) is 0 Å². The van der Waals surface area contributed by atoms with Gasteiger partial charge in [0.25, 0.3) is 0 Å². The van der Waals surface area contributed by atoms with Crippen LogP contribution in [-0.2, 0) is 31.8 Å². The number of methoxy groups -OCH3 is 2. The van der Waals surface area contributed by atoms with Crippen molar-refractivity contribution in [2.45, 2.75) is 37.9 Å². The molecular formula is C13H15F3INO7. The van der Waals surface area contributed by atoms with Gasteiger partial charge < -0.3 is 9.47 Å². The first kappa shape index (κ1) is 21.6. The summed E-state index contributed by atoms with van der Waals surface area (Å²) >= 11 is 0.989. The maximum absolute atomic E-state index is 12.7. The predicted octanol–water partition coefficient (Wildman–Crippen LogP) is 1.50. The summed E-state index contributed by atoms with van der Waals surface area (Å²) in [6.07, 6.45) is -5.81. The molecule has 0 radical (unpaired) electrons. The lowest BCUT2D eigenvalue weighted by molar-refractivity contribution is -0.214. The molecule has 1 aliphatic rings. The van der Waals surface area contributed by atoms with E-state index in [9.17, 15) is 32.3 Å². The molecule has 1 fully saturated rings. The Morgan fingerprint density at radius 2 is 1.88 bits per heavy atom. The summed E-state index contributed by atoms with van der Waals surface area (Å²) in [6, 6.07) is -1.96. The normalized spacial score (nSPS) is 21.6. The van der Waals surface area contributed by atoms with Crippen molar-refractivity contribution in [2.24, 2.45) is 5.41 Å². The summed E-state index contributed by atoms with van der Waals surface area (Å²) in [6.45, 7) is 0. The molecule has 0 spiro atoms. The minimum atomic E-state index is -5.34. The lowest BCUT2D eigenvalue weighted by atomic mass is 9.79. The Balaban J connectivity index is 3.30. The molecule has 0 bridgehead atoms. The molecular weight excluding hydrogens is 466 g/mol. The summed E-state index contributed by atoms with van der Waals surface area (Å²) in [4.78, 5) is 47.8. The van der Waals surface area contributed by atoms with Gasteiger partial charge in [-0.15, -0.1) is 0 Å². The number of hydrogen-bond acceptors (Lipinski definition) is 7. The monoisotopic (exact) mass is 481 g/mol. The zero-order valence-corrected chi connectivity index (χ0v) is 15.4. The number of carbonyl (C=O) groups is 4. The highest BCUT2D eigenvalue weighted by molar-refractivity contribution is 14.1. The highest BCUT2D eigenvalue weighted by atomic mass is 127. The average molecular weight is 481 g/mol. The van der Waals surface area contributed by atoms with Crippen molar-refractivity contribution in [1.82, 2.24) is 5.06 Å². The summed E-state index contributed by atoms with van der Waals surface area (Å²) < 4.78 is 51.6. The lowest BCUT2D eigenvalue weighted by Crippen LogP contribution is -2.53. The SMILES string of the molecule is COC(=O)[C@H](C[C@@]1(C(=O)OC)CCCC1=O)N(OI)C(=O)C(F)(F)F. The van der Waals surface area contributed by atoms with Gasteiger partial charge in [-0.2, -0.15) is 18.2 Å². The number of ether oxygens (including phenoxy) is 2. The highest BCUT2D eigenvalue weighted by Gasteiger charge is 2.56. The fraction of sp³-hybridized carbons (Fsp3) is 0.692. The number of hydrogen-bond donors (Lipinski definition) is 0. The molecule has 0 unspecified atom stereocenters. The van der Waals surface area contributed by atoms with E-state index in [1.54, 1.807) is 0 Å². The second-order valence-corrected chi connectivity index (χ2v) is 5.69. The molecule has 1 amide bonds. The number of esters is 2. The van der Waals surface area contributed by atoms with Crippen molar-refractivity contribution in [3.05, 3.63) is 0 Å². The largest absolute Gasteiger partial charge is 0.473 e. The first-order chi connectivity index (χ1) is 11.5. The number of nitrogens with zero attached hydrogens (tertiary/aromatic N) is 1. The summed E-state index contributed by atoms with van der Waals surface area (Å²) in [5.74, 6) is -5.31. The number of alkyl halides is 3. The van der Waals surface area contributed by atoms with E-state index in [2.05, 4.69) is 12.6 Å². The number of Topliss-reactive ketones (excluding diaryl/α,β-unsaturated/α-hetero) is 1. The fourth-order valence-electron chi connectivity index (χ4n) is 2.71. The molecule has 0 heterocycles. The molecule has 0 N–H and O–H groups in total. The van der Waals surface area contributed by atoms with E-state index >= 15 is 0 Å². The third-order valence-corrected chi connectivity index (χ3v) is 4.36. The predicted molar refractivity (Wildman–Crippen MR) is 81.7 cm³/mol. The molecule has 0 saturated heterocycles. The number of ketones is 1. The minimum absolute atomic E-state index is 0.00129. The highest BCUT2D eigenvalue weighted by Crippen LogP contribution is 2.42. The van der Waals surface area contributed by atoms with Gasteiger partial charge in [0.1, 0.15) is 34.2 Å². The number of hydroxylamine groups is 2. The standard InChI is InChI=1S/C13H15F3INO7/c1-23-9(20)7(18(25-17)10(21)13(14,15)16)6-12(11(22)24-2)5-3-4-8(12)19/h7H,3-6H2,1-2H3/t7-,12-/m0/s1. The number of amides is 1. The van der Waals surface area contributed by atoms with E-state index in [0.29, 0.717) is 6.42 Å². The first-order valence-corrected chi connectivity index (χ1v) is 7.82. The van der Waals surface area contributed by atoms with Gasteiger partial charge in [0.05, 0.1) is 14.2 Å². The zero-order chi connectivity index (χ0) is 19.4. The molecule has 0 aromatic carbocycles. The fourth-order valence-corrected chi connectivity index (χ4v) is 3.17. The Morgan fingerprint density at radius 3 is 2.24 bits per heavy atom. The van der Waals surface area contributed by atoms with Crippen LogP contribution >= 0.6 is 23.0 Å². The van der Waals surface area contributed by atoms with Crippen molar-refractivity contribution in [2.75, 3.05) is 14.2 Å². The quantitative estimate of drug-likeness (QED) is 0.246. The van der Waals surface area contributed by atoms with Crippen LogP contribution in [0.3, 0.4) is 0 Å². The number of carbonyl (C=O) groups excluding carboxylic acids is 4. The third-order valence-electron chi connectivity index (χ3n) is 3.93. The Kier molecular flexibility index (Phi) is 7.17. The summed E-state index contributed by atoms with van der Waals surface area (Å²) in [5.41, 5.74) is -1.84. The third kappa shape index (κ3) is 4.40. The summed E-state index contributed by atoms with van der Waals surface area (Å²) in [5, 5.41) is -0.247. The Morgan fingerprint density at radius 1 is 1.28 bits per heavy atom. The molecule has 25 heavy (non-hydrogen) atoms. The van der Waals surface area contributed by atoms with Gasteiger partial charge >= 0.3 is 24.0 Å². The molecule has 2 atom stereocenters. The molecule has 1 saturated carbocycles. The topological polar surface area (TPSA) is 99.2 Å². The van der Waals surface area contributed by atoms with Crippen LogP contribution in [0.5, 0.6) is 0 Å². The first-order valence-electron chi connectivity index (χ1n) is 6.93. The van der Waals surface area contributed by atoms with Crippen molar-refractivity contribution in [1.29, 1.82) is 0 Å². The lowest BCUT2D eigenvalue weighted by Gasteiger charge is -2.32.